The monoisotopic (exact) mass is 304 g/mol. The van der Waals surface area contributed by atoms with Gasteiger partial charge in [0.25, 0.3) is 0 Å². The number of aliphatic hydroxyl groups is 3. The minimum absolute atomic E-state index is 0.0445. The fraction of sp³-hybridized carbons (Fsp3) is 1.00. The van der Waals surface area contributed by atoms with Crippen molar-refractivity contribution in [3.05, 3.63) is 0 Å². The van der Waals surface area contributed by atoms with Gasteiger partial charge in [-0.1, -0.05) is 51.9 Å². The molecule has 0 aromatic heterocycles. The predicted octanol–water partition coefficient (Wildman–Crippen LogP) is 1.63. The van der Waals surface area contributed by atoms with Gasteiger partial charge in [0, 0.05) is 6.61 Å². The number of aliphatic hydroxyl groups excluding tert-OH is 3. The summed E-state index contributed by atoms with van der Waals surface area (Å²) >= 11 is 0. The van der Waals surface area contributed by atoms with E-state index in [2.05, 4.69) is 6.92 Å². The number of rotatable bonds is 12. The van der Waals surface area contributed by atoms with Crippen molar-refractivity contribution in [1.82, 2.24) is 0 Å². The molecule has 126 valence electrons. The highest BCUT2D eigenvalue weighted by atomic mass is 16.6. The summed E-state index contributed by atoms with van der Waals surface area (Å²) in [6.45, 7) is 2.65. The molecule has 0 bridgehead atoms. The van der Waals surface area contributed by atoms with E-state index in [1.54, 1.807) is 0 Å². The lowest BCUT2D eigenvalue weighted by Crippen LogP contribution is -2.50. The Morgan fingerprint density at radius 1 is 1.05 bits per heavy atom. The Bertz CT molecular complexity index is 261. The largest absolute Gasteiger partial charge is 0.393 e. The van der Waals surface area contributed by atoms with Gasteiger partial charge in [-0.05, 0) is 6.42 Å². The molecule has 1 heterocycles. The fourth-order valence-corrected chi connectivity index (χ4v) is 2.67. The van der Waals surface area contributed by atoms with Crippen LogP contribution in [0.1, 0.15) is 58.3 Å². The first-order valence-corrected chi connectivity index (χ1v) is 8.35. The molecule has 3 N–H and O–H groups in total. The summed E-state index contributed by atoms with van der Waals surface area (Å²) in [4.78, 5) is 0. The van der Waals surface area contributed by atoms with Crippen LogP contribution in [-0.2, 0) is 9.47 Å². The van der Waals surface area contributed by atoms with E-state index in [1.807, 2.05) is 0 Å². The molecule has 0 radical (unpaired) electrons. The summed E-state index contributed by atoms with van der Waals surface area (Å²) in [5, 5.41) is 28.7. The van der Waals surface area contributed by atoms with Gasteiger partial charge >= 0.3 is 0 Å². The average molecular weight is 304 g/mol. The summed E-state index contributed by atoms with van der Waals surface area (Å²) in [7, 11) is 0. The molecule has 21 heavy (non-hydrogen) atoms. The highest BCUT2D eigenvalue weighted by Gasteiger charge is 2.48. The Labute approximate surface area is 128 Å². The zero-order chi connectivity index (χ0) is 15.6. The van der Waals surface area contributed by atoms with Crippen LogP contribution in [0.4, 0.5) is 0 Å². The van der Waals surface area contributed by atoms with Crippen LogP contribution in [-0.4, -0.2) is 59.6 Å². The van der Waals surface area contributed by atoms with Crippen molar-refractivity contribution in [1.29, 1.82) is 0 Å². The van der Waals surface area contributed by atoms with Crippen molar-refractivity contribution in [2.24, 2.45) is 0 Å². The van der Waals surface area contributed by atoms with E-state index in [4.69, 9.17) is 9.47 Å². The number of hydrogen-bond acceptors (Lipinski definition) is 5. The molecule has 0 spiro atoms. The maximum Gasteiger partial charge on any atom is 0.143 e. The molecular weight excluding hydrogens is 272 g/mol. The minimum Gasteiger partial charge on any atom is -0.393 e. The van der Waals surface area contributed by atoms with Gasteiger partial charge in [-0.25, -0.2) is 0 Å². The van der Waals surface area contributed by atoms with Crippen LogP contribution in [0.15, 0.2) is 0 Å². The fourth-order valence-electron chi connectivity index (χ4n) is 2.67. The van der Waals surface area contributed by atoms with E-state index in [0.717, 1.165) is 12.8 Å². The van der Waals surface area contributed by atoms with Crippen molar-refractivity contribution in [3.8, 4) is 0 Å². The molecule has 3 atom stereocenters. The molecule has 0 aliphatic carbocycles. The molecule has 1 aliphatic rings. The van der Waals surface area contributed by atoms with E-state index >= 15 is 0 Å². The highest BCUT2D eigenvalue weighted by Crippen LogP contribution is 2.26. The smallest absolute Gasteiger partial charge is 0.143 e. The molecule has 5 nitrogen and oxygen atoms in total. The van der Waals surface area contributed by atoms with Gasteiger partial charge in [0.2, 0.25) is 0 Å². The second kappa shape index (κ2) is 10.5. The molecule has 1 unspecified atom stereocenters. The Morgan fingerprint density at radius 2 is 1.67 bits per heavy atom. The van der Waals surface area contributed by atoms with Crippen LogP contribution in [0.2, 0.25) is 0 Å². The topological polar surface area (TPSA) is 79.2 Å². The third kappa shape index (κ3) is 6.20. The maximum atomic E-state index is 9.84. The predicted molar refractivity (Wildman–Crippen MR) is 81.2 cm³/mol. The number of ether oxygens (including phenoxy) is 2. The van der Waals surface area contributed by atoms with Gasteiger partial charge in [0.15, 0.2) is 0 Å². The van der Waals surface area contributed by atoms with Crippen molar-refractivity contribution >= 4 is 0 Å². The van der Waals surface area contributed by atoms with Crippen molar-refractivity contribution < 1.29 is 24.8 Å². The molecule has 1 saturated heterocycles. The highest BCUT2D eigenvalue weighted by molar-refractivity contribution is 4.97. The van der Waals surface area contributed by atoms with Crippen molar-refractivity contribution in [2.45, 2.75) is 76.1 Å². The Balaban J connectivity index is 2.01. The Morgan fingerprint density at radius 3 is 2.19 bits per heavy atom. The zero-order valence-corrected chi connectivity index (χ0v) is 13.3. The first kappa shape index (κ1) is 18.8. The molecule has 0 aromatic rings. The lowest BCUT2D eigenvalue weighted by molar-refractivity contribution is -0.135. The first-order chi connectivity index (χ1) is 10.2. The molecule has 0 aromatic carbocycles. The number of unbranched alkanes of at least 4 members (excludes halogenated alkanes) is 7. The molecular formula is C16H32O5. The second-order valence-electron chi connectivity index (χ2n) is 6.07. The van der Waals surface area contributed by atoms with Crippen LogP contribution in [0.3, 0.4) is 0 Å². The minimum atomic E-state index is -1.15. The summed E-state index contributed by atoms with van der Waals surface area (Å²) in [5.74, 6) is 0. The summed E-state index contributed by atoms with van der Waals surface area (Å²) in [6.07, 6.45) is 7.89. The number of hydrogen-bond donors (Lipinski definition) is 3. The van der Waals surface area contributed by atoms with Crippen LogP contribution < -0.4 is 0 Å². The average Bonchev–Trinajstić information content (AvgIpc) is 2.78. The lowest BCUT2D eigenvalue weighted by Gasteiger charge is -2.29. The van der Waals surface area contributed by atoms with E-state index < -0.39 is 17.8 Å². The van der Waals surface area contributed by atoms with Crippen LogP contribution in [0, 0.1) is 0 Å². The SMILES string of the molecule is CCCCCCCCCCOC[C@@]1(CO)OC[C@@H](O)C1O. The second-order valence-corrected chi connectivity index (χ2v) is 6.07. The lowest BCUT2D eigenvalue weighted by atomic mass is 9.97. The molecule has 1 fully saturated rings. The van der Waals surface area contributed by atoms with E-state index in [9.17, 15) is 15.3 Å². The van der Waals surface area contributed by atoms with Gasteiger partial charge in [-0.15, -0.1) is 0 Å². The van der Waals surface area contributed by atoms with Gasteiger partial charge in [0.1, 0.15) is 17.8 Å². The molecule has 5 heteroatoms. The molecule has 0 amide bonds. The Hall–Kier alpha value is -0.200. The molecule has 1 rings (SSSR count). The quantitative estimate of drug-likeness (QED) is 0.478. The van der Waals surface area contributed by atoms with Gasteiger partial charge in [0.05, 0.1) is 19.8 Å². The first-order valence-electron chi connectivity index (χ1n) is 8.35. The van der Waals surface area contributed by atoms with Crippen LogP contribution >= 0.6 is 0 Å². The molecule has 0 saturated carbocycles. The van der Waals surface area contributed by atoms with Gasteiger partial charge < -0.3 is 24.8 Å². The summed E-state index contributed by atoms with van der Waals surface area (Å²) in [6, 6.07) is 0. The third-order valence-corrected chi connectivity index (χ3v) is 4.20. The summed E-state index contributed by atoms with van der Waals surface area (Å²) in [5.41, 5.74) is -1.15. The zero-order valence-electron chi connectivity index (χ0n) is 13.3. The normalized spacial score (nSPS) is 29.1. The Kier molecular flexibility index (Phi) is 9.44. The van der Waals surface area contributed by atoms with Gasteiger partial charge in [-0.2, -0.15) is 0 Å². The van der Waals surface area contributed by atoms with Crippen LogP contribution in [0.25, 0.3) is 0 Å². The standard InChI is InChI=1S/C16H32O5/c1-2-3-4-5-6-7-8-9-10-20-13-16(12-17)15(19)14(18)11-21-16/h14-15,17-19H,2-13H2,1H3/t14-,15?,16-/m1/s1. The van der Waals surface area contributed by atoms with Gasteiger partial charge in [-0.3, -0.25) is 0 Å². The molecule has 1 aliphatic heterocycles. The van der Waals surface area contributed by atoms with Crippen LogP contribution in [0.5, 0.6) is 0 Å². The third-order valence-electron chi connectivity index (χ3n) is 4.20. The summed E-state index contributed by atoms with van der Waals surface area (Å²) < 4.78 is 10.8. The van der Waals surface area contributed by atoms with Crippen molar-refractivity contribution in [2.75, 3.05) is 26.4 Å². The van der Waals surface area contributed by atoms with Crippen molar-refractivity contribution in [3.63, 3.8) is 0 Å². The van der Waals surface area contributed by atoms with E-state index in [-0.39, 0.29) is 19.8 Å². The van der Waals surface area contributed by atoms with E-state index in [0.29, 0.717) is 6.61 Å². The van der Waals surface area contributed by atoms with E-state index in [1.165, 1.54) is 38.5 Å². The maximum absolute atomic E-state index is 9.84.